The van der Waals surface area contributed by atoms with E-state index in [0.717, 1.165) is 46.6 Å². The zero-order chi connectivity index (χ0) is 22.1. The van der Waals surface area contributed by atoms with Crippen LogP contribution >= 0.6 is 11.3 Å². The Labute approximate surface area is 191 Å². The van der Waals surface area contributed by atoms with Crippen LogP contribution in [0.25, 0.3) is 22.0 Å². The number of carbonyl (C=O) groups excluding carboxylic acids is 1. The number of rotatable bonds is 4. The highest BCUT2D eigenvalue weighted by Crippen LogP contribution is 2.33. The molecule has 1 aromatic carbocycles. The predicted octanol–water partition coefficient (Wildman–Crippen LogP) is 4.39. The van der Waals surface area contributed by atoms with Crippen LogP contribution in [-0.2, 0) is 0 Å². The fraction of sp³-hybridized carbons (Fsp3) is 0.240. The van der Waals surface area contributed by atoms with Crippen molar-refractivity contribution < 1.29 is 4.79 Å². The molecule has 162 valence electrons. The molecule has 1 aliphatic heterocycles. The van der Waals surface area contributed by atoms with Crippen LogP contribution in [0.1, 0.15) is 10.4 Å². The molecule has 4 heterocycles. The van der Waals surface area contributed by atoms with Gasteiger partial charge in [0.05, 0.1) is 0 Å². The van der Waals surface area contributed by atoms with Crippen LogP contribution in [0, 0.1) is 0 Å². The van der Waals surface area contributed by atoms with Gasteiger partial charge in [0.15, 0.2) is 5.82 Å². The Hall–Kier alpha value is -3.45. The molecule has 32 heavy (non-hydrogen) atoms. The van der Waals surface area contributed by atoms with Crippen LogP contribution in [0.4, 0.5) is 11.5 Å². The van der Waals surface area contributed by atoms with Gasteiger partial charge in [-0.2, -0.15) is 11.3 Å². The zero-order valence-corrected chi connectivity index (χ0v) is 19.0. The van der Waals surface area contributed by atoms with Gasteiger partial charge < -0.3 is 14.7 Å². The van der Waals surface area contributed by atoms with Crippen molar-refractivity contribution in [3.8, 4) is 11.1 Å². The molecule has 0 saturated carbocycles. The van der Waals surface area contributed by atoms with E-state index in [2.05, 4.69) is 32.8 Å². The highest BCUT2D eigenvalue weighted by molar-refractivity contribution is 7.08. The molecule has 3 aromatic heterocycles. The van der Waals surface area contributed by atoms with Gasteiger partial charge >= 0.3 is 0 Å². The first-order valence-electron chi connectivity index (χ1n) is 10.7. The van der Waals surface area contributed by atoms with E-state index in [1.54, 1.807) is 11.3 Å². The average Bonchev–Trinajstić information content (AvgIpc) is 3.38. The highest BCUT2D eigenvalue weighted by Gasteiger charge is 2.25. The third-order valence-corrected chi connectivity index (χ3v) is 6.64. The Morgan fingerprint density at radius 3 is 2.47 bits per heavy atom. The van der Waals surface area contributed by atoms with Gasteiger partial charge in [0.2, 0.25) is 0 Å². The molecule has 0 N–H and O–H groups in total. The molecule has 0 radical (unpaired) electrons. The van der Waals surface area contributed by atoms with E-state index >= 15 is 0 Å². The fourth-order valence-corrected chi connectivity index (χ4v) is 4.80. The molecule has 5 rings (SSSR count). The molecule has 1 fully saturated rings. The molecule has 6 nitrogen and oxygen atoms in total. The average molecular weight is 444 g/mol. The number of nitrogens with zero attached hydrogens (tertiary/aromatic N) is 5. The van der Waals surface area contributed by atoms with E-state index in [0.29, 0.717) is 13.1 Å². The number of anilines is 2. The predicted molar refractivity (Wildman–Crippen MR) is 132 cm³/mol. The van der Waals surface area contributed by atoms with Crippen LogP contribution in [0.2, 0.25) is 0 Å². The summed E-state index contributed by atoms with van der Waals surface area (Å²) in [7, 11) is 3.99. The van der Waals surface area contributed by atoms with Crippen molar-refractivity contribution in [2.45, 2.75) is 0 Å². The number of hydrogen-bond donors (Lipinski definition) is 0. The number of pyridine rings is 2. The zero-order valence-electron chi connectivity index (χ0n) is 18.2. The Kier molecular flexibility index (Phi) is 5.49. The second kappa shape index (κ2) is 8.59. The van der Waals surface area contributed by atoms with E-state index in [1.807, 2.05) is 66.6 Å². The molecule has 0 atom stereocenters. The normalized spacial score (nSPS) is 14.1. The lowest BCUT2D eigenvalue weighted by atomic mass is 10.1. The van der Waals surface area contributed by atoms with Gasteiger partial charge in [-0.25, -0.2) is 4.98 Å². The van der Waals surface area contributed by atoms with Crippen LogP contribution in [0.15, 0.2) is 65.6 Å². The van der Waals surface area contributed by atoms with Crippen molar-refractivity contribution in [2.75, 3.05) is 50.1 Å². The van der Waals surface area contributed by atoms with Crippen LogP contribution in [0.5, 0.6) is 0 Å². The third-order valence-electron chi connectivity index (χ3n) is 5.95. The number of aromatic nitrogens is 2. The Balaban J connectivity index is 1.34. The first-order chi connectivity index (χ1) is 15.6. The molecule has 0 spiro atoms. The van der Waals surface area contributed by atoms with Crippen molar-refractivity contribution in [3.05, 3.63) is 71.2 Å². The number of amides is 1. The minimum Gasteiger partial charge on any atom is -0.378 e. The van der Waals surface area contributed by atoms with Crippen LogP contribution < -0.4 is 9.80 Å². The summed E-state index contributed by atoms with van der Waals surface area (Å²) in [5.74, 6) is 0.973. The van der Waals surface area contributed by atoms with Gasteiger partial charge in [-0.1, -0.05) is 6.07 Å². The number of hydrogen-bond acceptors (Lipinski definition) is 6. The fourth-order valence-electron chi connectivity index (χ4n) is 4.14. The summed E-state index contributed by atoms with van der Waals surface area (Å²) < 4.78 is 0. The molecule has 0 unspecified atom stereocenters. The minimum atomic E-state index is 0.0821. The number of thiophene rings is 1. The van der Waals surface area contributed by atoms with Gasteiger partial charge in [0, 0.05) is 74.9 Å². The molecule has 1 amide bonds. The first-order valence-corrected chi connectivity index (χ1v) is 11.6. The lowest BCUT2D eigenvalue weighted by Crippen LogP contribution is -2.49. The first kappa shape index (κ1) is 20.5. The topological polar surface area (TPSA) is 52.6 Å². The summed E-state index contributed by atoms with van der Waals surface area (Å²) in [5.41, 5.74) is 5.00. The van der Waals surface area contributed by atoms with Crippen LogP contribution in [0.3, 0.4) is 0 Å². The smallest absolute Gasteiger partial charge is 0.253 e. The summed E-state index contributed by atoms with van der Waals surface area (Å²) in [6, 6.07) is 14.0. The molecule has 0 aliphatic carbocycles. The van der Waals surface area contributed by atoms with E-state index in [1.165, 1.54) is 5.56 Å². The third kappa shape index (κ3) is 3.80. The summed E-state index contributed by atoms with van der Waals surface area (Å²) in [6.45, 7) is 2.79. The van der Waals surface area contributed by atoms with Crippen molar-refractivity contribution in [2.24, 2.45) is 0 Å². The summed E-state index contributed by atoms with van der Waals surface area (Å²) >= 11 is 1.68. The number of benzene rings is 1. The van der Waals surface area contributed by atoms with E-state index in [4.69, 9.17) is 4.98 Å². The van der Waals surface area contributed by atoms with E-state index in [9.17, 15) is 4.79 Å². The maximum atomic E-state index is 13.0. The molecular weight excluding hydrogens is 418 g/mol. The maximum Gasteiger partial charge on any atom is 0.253 e. The van der Waals surface area contributed by atoms with Crippen LogP contribution in [-0.4, -0.2) is 61.0 Å². The summed E-state index contributed by atoms with van der Waals surface area (Å²) in [4.78, 5) is 28.6. The van der Waals surface area contributed by atoms with Gasteiger partial charge in [0.25, 0.3) is 5.91 Å². The maximum absolute atomic E-state index is 13.0. The molecule has 4 aromatic rings. The van der Waals surface area contributed by atoms with E-state index < -0.39 is 0 Å². The molecule has 7 heteroatoms. The SMILES string of the molecule is CN(C)c1ccc(C(=O)N2CCN(c3ncc(-c4ccsc4)c4cccnc34)CC2)cc1. The Morgan fingerprint density at radius 2 is 1.78 bits per heavy atom. The summed E-state index contributed by atoms with van der Waals surface area (Å²) in [6.07, 6.45) is 3.77. The molecule has 1 aliphatic rings. The highest BCUT2D eigenvalue weighted by atomic mass is 32.1. The van der Waals surface area contributed by atoms with Gasteiger partial charge in [-0.05, 0) is 52.7 Å². The minimum absolute atomic E-state index is 0.0821. The lowest BCUT2D eigenvalue weighted by molar-refractivity contribution is 0.0746. The largest absolute Gasteiger partial charge is 0.378 e. The van der Waals surface area contributed by atoms with Gasteiger partial charge in [-0.3, -0.25) is 9.78 Å². The summed E-state index contributed by atoms with van der Waals surface area (Å²) in [5, 5.41) is 5.32. The Bertz CT molecular complexity index is 1230. The van der Waals surface area contributed by atoms with Gasteiger partial charge in [0.1, 0.15) is 5.52 Å². The van der Waals surface area contributed by atoms with Crippen molar-refractivity contribution >= 4 is 39.7 Å². The molecule has 0 bridgehead atoms. The number of piperazine rings is 1. The quantitative estimate of drug-likeness (QED) is 0.468. The monoisotopic (exact) mass is 443 g/mol. The second-order valence-electron chi connectivity index (χ2n) is 8.13. The standard InChI is InChI=1S/C25H25N5OS/c1-28(2)20-7-5-18(6-8-20)25(31)30-13-11-29(12-14-30)24-23-21(4-3-10-26-23)22(16-27-24)19-9-15-32-17-19/h3-10,15-17H,11-14H2,1-2H3. The molecule has 1 saturated heterocycles. The number of carbonyl (C=O) groups is 1. The van der Waals surface area contributed by atoms with Crippen molar-refractivity contribution in [1.82, 2.24) is 14.9 Å². The van der Waals surface area contributed by atoms with Crippen molar-refractivity contribution in [1.29, 1.82) is 0 Å². The van der Waals surface area contributed by atoms with Crippen molar-refractivity contribution in [3.63, 3.8) is 0 Å². The lowest BCUT2D eigenvalue weighted by Gasteiger charge is -2.35. The molecular formula is C25H25N5OS. The number of fused-ring (bicyclic) bond motifs is 1. The Morgan fingerprint density at radius 1 is 1.00 bits per heavy atom. The van der Waals surface area contributed by atoms with E-state index in [-0.39, 0.29) is 5.91 Å². The second-order valence-corrected chi connectivity index (χ2v) is 8.91. The van der Waals surface area contributed by atoms with Gasteiger partial charge in [-0.15, -0.1) is 0 Å².